The van der Waals surface area contributed by atoms with Crippen molar-refractivity contribution >= 4 is 16.8 Å². The second-order valence-corrected chi connectivity index (χ2v) is 7.31. The molecule has 0 atom stereocenters. The first-order valence-corrected chi connectivity index (χ1v) is 9.80. The van der Waals surface area contributed by atoms with Gasteiger partial charge in [0.15, 0.2) is 0 Å². The highest BCUT2D eigenvalue weighted by atomic mass is 16.1. The van der Waals surface area contributed by atoms with Gasteiger partial charge in [0.2, 0.25) is 5.91 Å². The van der Waals surface area contributed by atoms with E-state index in [-0.39, 0.29) is 5.56 Å². The van der Waals surface area contributed by atoms with Gasteiger partial charge in [-0.05, 0) is 48.0 Å². The fourth-order valence-electron chi connectivity index (χ4n) is 3.70. The summed E-state index contributed by atoms with van der Waals surface area (Å²) in [6.07, 6.45) is 8.10. The number of imidazole rings is 1. The van der Waals surface area contributed by atoms with Crippen molar-refractivity contribution in [2.75, 3.05) is 0 Å². The Bertz CT molecular complexity index is 1460. The number of hydrogen-bond acceptors (Lipinski definition) is 3. The predicted molar refractivity (Wildman–Crippen MR) is 119 cm³/mol. The summed E-state index contributed by atoms with van der Waals surface area (Å²) in [5, 5.41) is 1.04. The van der Waals surface area contributed by atoms with Gasteiger partial charge in [-0.2, -0.15) is 0 Å². The van der Waals surface area contributed by atoms with Gasteiger partial charge < -0.3 is 15.3 Å². The summed E-state index contributed by atoms with van der Waals surface area (Å²) in [5.74, 6) is -0.444. The van der Waals surface area contributed by atoms with Gasteiger partial charge in [-0.1, -0.05) is 12.1 Å². The molecule has 2 aromatic carbocycles. The van der Waals surface area contributed by atoms with Crippen LogP contribution in [0.1, 0.15) is 21.6 Å². The van der Waals surface area contributed by atoms with E-state index in [2.05, 4.69) is 9.97 Å². The maximum absolute atomic E-state index is 12.0. The first kappa shape index (κ1) is 18.6. The lowest BCUT2D eigenvalue weighted by Crippen LogP contribution is -2.15. The number of benzene rings is 2. The molecule has 5 aromatic rings. The van der Waals surface area contributed by atoms with Crippen LogP contribution in [-0.2, 0) is 6.42 Å². The van der Waals surface area contributed by atoms with Gasteiger partial charge in [-0.25, -0.2) is 4.98 Å². The van der Waals surface area contributed by atoms with Crippen LogP contribution in [0.15, 0.2) is 90.4 Å². The molecule has 0 aliphatic heterocycles. The summed E-state index contributed by atoms with van der Waals surface area (Å²) in [6, 6.07) is 18.2. The number of carbonyl (C=O) groups excluding carboxylic acids is 1. The number of fused-ring (bicyclic) bond motifs is 1. The number of hydrogen-bond donors (Lipinski definition) is 2. The molecule has 3 aromatic heterocycles. The van der Waals surface area contributed by atoms with E-state index in [1.54, 1.807) is 35.3 Å². The second-order valence-electron chi connectivity index (χ2n) is 7.31. The molecule has 7 heteroatoms. The van der Waals surface area contributed by atoms with Crippen LogP contribution in [0.5, 0.6) is 0 Å². The maximum atomic E-state index is 12.0. The molecule has 0 radical (unpaired) electrons. The Morgan fingerprint density at radius 1 is 1.03 bits per heavy atom. The number of aromatic nitrogens is 4. The Labute approximate surface area is 177 Å². The second kappa shape index (κ2) is 7.46. The third kappa shape index (κ3) is 3.53. The Hall–Kier alpha value is -4.39. The predicted octanol–water partition coefficient (Wildman–Crippen LogP) is 3.19. The molecule has 0 saturated carbocycles. The Morgan fingerprint density at radius 2 is 1.84 bits per heavy atom. The fraction of sp³-hybridized carbons (Fsp3) is 0.0417. The zero-order valence-corrected chi connectivity index (χ0v) is 16.5. The SMILES string of the molecule is NC(=O)c1ccc2c(Cc3cn(-c4ccc(-n5ccccc5=O)cc4)cn3)c[nH]c2c1. The molecule has 5 rings (SSSR count). The van der Waals surface area contributed by atoms with Gasteiger partial charge in [0.05, 0.1) is 12.0 Å². The summed E-state index contributed by atoms with van der Waals surface area (Å²) in [7, 11) is 0. The molecule has 0 aliphatic rings. The van der Waals surface area contributed by atoms with Gasteiger partial charge >= 0.3 is 0 Å². The minimum Gasteiger partial charge on any atom is -0.366 e. The van der Waals surface area contributed by atoms with E-state index in [0.29, 0.717) is 12.0 Å². The number of amides is 1. The Morgan fingerprint density at radius 3 is 2.61 bits per heavy atom. The Kier molecular flexibility index (Phi) is 4.48. The number of rotatable bonds is 5. The minimum atomic E-state index is -0.444. The van der Waals surface area contributed by atoms with Crippen molar-refractivity contribution in [3.05, 3.63) is 113 Å². The highest BCUT2D eigenvalue weighted by molar-refractivity contribution is 5.97. The summed E-state index contributed by atoms with van der Waals surface area (Å²) in [5.41, 5.74) is 10.4. The van der Waals surface area contributed by atoms with Crippen LogP contribution in [-0.4, -0.2) is 25.0 Å². The first-order chi connectivity index (χ1) is 15.1. The third-order valence-corrected chi connectivity index (χ3v) is 5.31. The van der Waals surface area contributed by atoms with Gasteiger partial charge in [0, 0.05) is 58.9 Å². The molecule has 0 aliphatic carbocycles. The summed E-state index contributed by atoms with van der Waals surface area (Å²) >= 11 is 0. The summed E-state index contributed by atoms with van der Waals surface area (Å²) in [4.78, 5) is 31.1. The van der Waals surface area contributed by atoms with Crippen molar-refractivity contribution in [3.63, 3.8) is 0 Å². The van der Waals surface area contributed by atoms with Crippen LogP contribution < -0.4 is 11.3 Å². The van der Waals surface area contributed by atoms with Crippen molar-refractivity contribution in [2.24, 2.45) is 5.73 Å². The molecular weight excluding hydrogens is 390 g/mol. The number of H-pyrrole nitrogens is 1. The molecule has 31 heavy (non-hydrogen) atoms. The molecule has 0 bridgehead atoms. The molecule has 3 N–H and O–H groups in total. The molecule has 3 heterocycles. The first-order valence-electron chi connectivity index (χ1n) is 9.80. The Balaban J connectivity index is 1.38. The van der Waals surface area contributed by atoms with Crippen LogP contribution in [0, 0.1) is 0 Å². The van der Waals surface area contributed by atoms with Crippen LogP contribution in [0.4, 0.5) is 0 Å². The third-order valence-electron chi connectivity index (χ3n) is 5.31. The lowest BCUT2D eigenvalue weighted by molar-refractivity contribution is 0.100. The van der Waals surface area contributed by atoms with Crippen molar-refractivity contribution < 1.29 is 4.79 Å². The topological polar surface area (TPSA) is 98.7 Å². The monoisotopic (exact) mass is 409 g/mol. The van der Waals surface area contributed by atoms with Gasteiger partial charge in [-0.15, -0.1) is 0 Å². The number of primary amides is 1. The smallest absolute Gasteiger partial charge is 0.255 e. The van der Waals surface area contributed by atoms with Gasteiger partial charge in [0.1, 0.15) is 0 Å². The number of nitrogens with two attached hydrogens (primary N) is 1. The van der Waals surface area contributed by atoms with Crippen LogP contribution in [0.25, 0.3) is 22.3 Å². The maximum Gasteiger partial charge on any atom is 0.255 e. The average Bonchev–Trinajstić information content (AvgIpc) is 3.41. The molecular formula is C24H19N5O2. The lowest BCUT2D eigenvalue weighted by Gasteiger charge is -2.07. The van der Waals surface area contributed by atoms with E-state index >= 15 is 0 Å². The summed E-state index contributed by atoms with van der Waals surface area (Å²) < 4.78 is 3.55. The normalized spacial score (nSPS) is 11.1. The number of carbonyl (C=O) groups is 1. The van der Waals surface area contributed by atoms with E-state index in [0.717, 1.165) is 33.5 Å². The fourth-order valence-corrected chi connectivity index (χ4v) is 3.70. The van der Waals surface area contributed by atoms with E-state index < -0.39 is 5.91 Å². The van der Waals surface area contributed by atoms with Crippen LogP contribution in [0.3, 0.4) is 0 Å². The van der Waals surface area contributed by atoms with Gasteiger partial charge in [-0.3, -0.25) is 14.2 Å². The number of nitrogens with zero attached hydrogens (tertiary/aromatic N) is 3. The van der Waals surface area contributed by atoms with E-state index in [1.165, 1.54) is 6.07 Å². The van der Waals surface area contributed by atoms with Gasteiger partial charge in [0.25, 0.3) is 5.56 Å². The van der Waals surface area contributed by atoms with Crippen molar-refractivity contribution in [1.82, 2.24) is 19.1 Å². The standard InChI is InChI=1S/C24H19N5O2/c25-24(31)16-4-9-21-17(13-26-22(21)12-16)11-18-14-28(15-27-18)19-5-7-20(8-6-19)29-10-2-1-3-23(29)30/h1-10,12-15,26H,11H2,(H2,25,31). The zero-order chi connectivity index (χ0) is 21.4. The van der Waals surface area contributed by atoms with E-state index in [4.69, 9.17) is 5.73 Å². The molecule has 0 saturated heterocycles. The van der Waals surface area contributed by atoms with Crippen molar-refractivity contribution in [3.8, 4) is 11.4 Å². The molecule has 7 nitrogen and oxygen atoms in total. The largest absolute Gasteiger partial charge is 0.366 e. The van der Waals surface area contributed by atoms with E-state index in [1.807, 2.05) is 53.4 Å². The molecule has 0 unspecified atom stereocenters. The molecule has 0 fully saturated rings. The van der Waals surface area contributed by atoms with E-state index in [9.17, 15) is 9.59 Å². The molecule has 0 spiro atoms. The number of nitrogens with one attached hydrogen (secondary N) is 1. The zero-order valence-electron chi connectivity index (χ0n) is 16.5. The highest BCUT2D eigenvalue weighted by Gasteiger charge is 2.10. The molecule has 152 valence electrons. The quantitative estimate of drug-likeness (QED) is 0.466. The number of aromatic amines is 1. The minimum absolute atomic E-state index is 0.0677. The summed E-state index contributed by atoms with van der Waals surface area (Å²) in [6.45, 7) is 0. The molecule has 1 amide bonds. The number of pyridine rings is 1. The highest BCUT2D eigenvalue weighted by Crippen LogP contribution is 2.22. The van der Waals surface area contributed by atoms with Crippen LogP contribution in [0.2, 0.25) is 0 Å². The van der Waals surface area contributed by atoms with Crippen LogP contribution >= 0.6 is 0 Å². The lowest BCUT2D eigenvalue weighted by atomic mass is 10.1. The van der Waals surface area contributed by atoms with Crippen molar-refractivity contribution in [2.45, 2.75) is 6.42 Å². The average molecular weight is 409 g/mol. The van der Waals surface area contributed by atoms with Crippen molar-refractivity contribution in [1.29, 1.82) is 0 Å².